The maximum Gasteiger partial charge on any atom is 0.177 e. The van der Waals surface area contributed by atoms with Gasteiger partial charge in [0.1, 0.15) is 0 Å². The Morgan fingerprint density at radius 2 is 2.38 bits per heavy atom. The molecule has 1 aromatic heterocycles. The van der Waals surface area contributed by atoms with Crippen molar-refractivity contribution in [2.24, 2.45) is 5.73 Å². The van der Waals surface area contributed by atoms with Gasteiger partial charge in [-0.05, 0) is 38.4 Å². The van der Waals surface area contributed by atoms with E-state index in [9.17, 15) is 0 Å². The Kier molecular flexibility index (Phi) is 2.26. The van der Waals surface area contributed by atoms with E-state index >= 15 is 0 Å². The van der Waals surface area contributed by atoms with E-state index in [1.807, 2.05) is 6.20 Å². The van der Waals surface area contributed by atoms with Crippen LogP contribution in [0.3, 0.4) is 0 Å². The predicted molar refractivity (Wildman–Crippen MR) is 55.2 cm³/mol. The van der Waals surface area contributed by atoms with E-state index in [0.717, 1.165) is 24.0 Å². The zero-order valence-corrected chi connectivity index (χ0v) is 8.60. The van der Waals surface area contributed by atoms with Crippen LogP contribution < -0.4 is 5.73 Å². The largest absolute Gasteiger partial charge is 0.337 e. The van der Waals surface area contributed by atoms with Crippen LogP contribution in [0, 0.1) is 11.7 Å². The molecule has 1 fully saturated rings. The van der Waals surface area contributed by atoms with Gasteiger partial charge in [0, 0.05) is 24.0 Å². The fourth-order valence-electron chi connectivity index (χ4n) is 2.15. The van der Waals surface area contributed by atoms with E-state index < -0.39 is 0 Å². The second kappa shape index (κ2) is 3.27. The van der Waals surface area contributed by atoms with Crippen molar-refractivity contribution in [1.82, 2.24) is 9.55 Å². The quantitative estimate of drug-likeness (QED) is 0.675. The van der Waals surface area contributed by atoms with Crippen LogP contribution in [-0.2, 0) is 0 Å². The molecule has 1 saturated carbocycles. The highest BCUT2D eigenvalue weighted by Gasteiger charge is 2.24. The van der Waals surface area contributed by atoms with E-state index in [2.05, 4.69) is 16.5 Å². The van der Waals surface area contributed by atoms with Gasteiger partial charge in [0.2, 0.25) is 0 Å². The number of aromatic amines is 1. The monoisotopic (exact) mass is 197 g/mol. The number of rotatable bonds is 1. The first kappa shape index (κ1) is 8.97. The molecular weight excluding hydrogens is 182 g/mol. The molecule has 0 spiro atoms. The maximum absolute atomic E-state index is 5.87. The second-order valence-electron chi connectivity index (χ2n) is 3.83. The molecule has 3 N–H and O–H groups in total. The number of aryl methyl sites for hydroxylation is 1. The molecule has 0 aliphatic heterocycles. The lowest BCUT2D eigenvalue weighted by atomic mass is 10.2. The van der Waals surface area contributed by atoms with Gasteiger partial charge in [-0.2, -0.15) is 0 Å². The summed E-state index contributed by atoms with van der Waals surface area (Å²) in [4.78, 5) is 3.07. The summed E-state index contributed by atoms with van der Waals surface area (Å²) in [5, 5.41) is 0. The van der Waals surface area contributed by atoms with Crippen LogP contribution in [0.1, 0.15) is 31.0 Å². The average Bonchev–Trinajstić information content (AvgIpc) is 2.60. The Hall–Kier alpha value is -0.610. The van der Waals surface area contributed by atoms with Gasteiger partial charge in [0.25, 0.3) is 0 Å². The molecule has 1 aliphatic carbocycles. The molecule has 0 radical (unpaired) electrons. The van der Waals surface area contributed by atoms with Crippen LogP contribution in [0.15, 0.2) is 6.20 Å². The van der Waals surface area contributed by atoms with E-state index in [-0.39, 0.29) is 0 Å². The Bertz CT molecular complexity index is 352. The Morgan fingerprint density at radius 3 is 2.85 bits per heavy atom. The van der Waals surface area contributed by atoms with Crippen molar-refractivity contribution in [3.8, 4) is 0 Å². The normalized spacial score (nSPS) is 28.2. The van der Waals surface area contributed by atoms with E-state index in [1.165, 1.54) is 5.69 Å². The lowest BCUT2D eigenvalue weighted by Gasteiger charge is -2.13. The van der Waals surface area contributed by atoms with Crippen LogP contribution in [0.25, 0.3) is 0 Å². The van der Waals surface area contributed by atoms with Crippen molar-refractivity contribution in [3.05, 3.63) is 16.7 Å². The molecule has 1 aromatic rings. The predicted octanol–water partition coefficient (Wildman–Crippen LogP) is 1.91. The number of imidazole rings is 1. The van der Waals surface area contributed by atoms with E-state index in [4.69, 9.17) is 18.0 Å². The number of hydrogen-bond donors (Lipinski definition) is 2. The Balaban J connectivity index is 2.30. The fourth-order valence-corrected chi connectivity index (χ4v) is 2.50. The van der Waals surface area contributed by atoms with Gasteiger partial charge in [0.05, 0.1) is 0 Å². The highest BCUT2D eigenvalue weighted by Crippen LogP contribution is 2.29. The molecule has 4 heteroatoms. The van der Waals surface area contributed by atoms with E-state index in [0.29, 0.717) is 12.1 Å². The number of nitrogens with one attached hydrogen (secondary N) is 1. The van der Waals surface area contributed by atoms with Crippen molar-refractivity contribution < 1.29 is 0 Å². The minimum atomic E-state index is 0.362. The summed E-state index contributed by atoms with van der Waals surface area (Å²) < 4.78 is 3.03. The van der Waals surface area contributed by atoms with Gasteiger partial charge in [0.15, 0.2) is 4.77 Å². The van der Waals surface area contributed by atoms with Crippen LogP contribution in [-0.4, -0.2) is 15.6 Å². The van der Waals surface area contributed by atoms with Crippen LogP contribution in [0.5, 0.6) is 0 Å². The van der Waals surface area contributed by atoms with Gasteiger partial charge in [-0.3, -0.25) is 0 Å². The van der Waals surface area contributed by atoms with Crippen LogP contribution in [0.4, 0.5) is 0 Å². The molecule has 72 valence electrons. The lowest BCUT2D eigenvalue weighted by Crippen LogP contribution is -2.16. The summed E-state index contributed by atoms with van der Waals surface area (Å²) in [7, 11) is 0. The standard InChI is InChI=1S/C9H15N3S/c1-6-5-11-9(13)12(6)8-3-2-7(10)4-8/h5,7-8H,2-4,10H2,1H3,(H,11,13). The fraction of sp³-hybridized carbons (Fsp3) is 0.667. The molecule has 0 amide bonds. The number of hydrogen-bond acceptors (Lipinski definition) is 2. The van der Waals surface area contributed by atoms with Gasteiger partial charge in [-0.1, -0.05) is 0 Å². The van der Waals surface area contributed by atoms with Crippen molar-refractivity contribution in [2.75, 3.05) is 0 Å². The van der Waals surface area contributed by atoms with Crippen molar-refractivity contribution in [2.45, 2.75) is 38.3 Å². The number of H-pyrrole nitrogens is 1. The molecule has 2 unspecified atom stereocenters. The van der Waals surface area contributed by atoms with Crippen molar-refractivity contribution >= 4 is 12.2 Å². The molecule has 2 atom stereocenters. The van der Waals surface area contributed by atoms with Gasteiger partial charge in [-0.15, -0.1) is 0 Å². The first-order valence-electron chi connectivity index (χ1n) is 4.70. The third-order valence-corrected chi connectivity index (χ3v) is 3.13. The summed E-state index contributed by atoms with van der Waals surface area (Å²) in [6.45, 7) is 2.08. The minimum Gasteiger partial charge on any atom is -0.337 e. The summed E-state index contributed by atoms with van der Waals surface area (Å²) in [5.74, 6) is 0. The SMILES string of the molecule is Cc1c[nH]c(=S)n1C1CCC(N)C1. The number of nitrogens with zero attached hydrogens (tertiary/aromatic N) is 1. The molecule has 3 nitrogen and oxygen atoms in total. The minimum absolute atomic E-state index is 0.362. The molecule has 0 saturated heterocycles. The molecule has 2 rings (SSSR count). The van der Waals surface area contributed by atoms with Gasteiger partial charge < -0.3 is 15.3 Å². The molecule has 0 bridgehead atoms. The maximum atomic E-state index is 5.87. The summed E-state index contributed by atoms with van der Waals surface area (Å²) in [6.07, 6.45) is 5.31. The van der Waals surface area contributed by atoms with Crippen LogP contribution in [0.2, 0.25) is 0 Å². The average molecular weight is 197 g/mol. The third-order valence-electron chi connectivity index (χ3n) is 2.81. The summed E-state index contributed by atoms with van der Waals surface area (Å²) >= 11 is 5.21. The topological polar surface area (TPSA) is 46.7 Å². The molecule has 1 aliphatic rings. The van der Waals surface area contributed by atoms with Crippen LogP contribution >= 0.6 is 12.2 Å². The molecule has 1 heterocycles. The zero-order valence-electron chi connectivity index (χ0n) is 7.79. The second-order valence-corrected chi connectivity index (χ2v) is 4.22. The smallest absolute Gasteiger partial charge is 0.177 e. The molecule has 13 heavy (non-hydrogen) atoms. The molecular formula is C9H15N3S. The van der Waals surface area contributed by atoms with E-state index in [1.54, 1.807) is 0 Å². The van der Waals surface area contributed by atoms with Gasteiger partial charge >= 0.3 is 0 Å². The number of aromatic nitrogens is 2. The first-order valence-corrected chi connectivity index (χ1v) is 5.11. The highest BCUT2D eigenvalue weighted by atomic mass is 32.1. The Labute approximate surface area is 83.0 Å². The van der Waals surface area contributed by atoms with Crippen molar-refractivity contribution in [1.29, 1.82) is 0 Å². The van der Waals surface area contributed by atoms with Gasteiger partial charge in [-0.25, -0.2) is 0 Å². The Morgan fingerprint density at radius 1 is 1.62 bits per heavy atom. The lowest BCUT2D eigenvalue weighted by molar-refractivity contribution is 0.495. The zero-order chi connectivity index (χ0) is 9.42. The third kappa shape index (κ3) is 1.56. The molecule has 0 aromatic carbocycles. The highest BCUT2D eigenvalue weighted by molar-refractivity contribution is 7.71. The summed E-state index contributed by atoms with van der Waals surface area (Å²) in [6, 6.07) is 0.884. The first-order chi connectivity index (χ1) is 6.18. The van der Waals surface area contributed by atoms with Crippen molar-refractivity contribution in [3.63, 3.8) is 0 Å². The summed E-state index contributed by atoms with van der Waals surface area (Å²) in [5.41, 5.74) is 7.09. The number of nitrogens with two attached hydrogens (primary N) is 1.